The molecule has 290 valence electrons. The maximum Gasteiger partial charge on any atom is 0.227 e. The van der Waals surface area contributed by atoms with Crippen LogP contribution in [-0.2, 0) is 33.8 Å². The van der Waals surface area contributed by atoms with Crippen LogP contribution >= 0.6 is 0 Å². The van der Waals surface area contributed by atoms with Gasteiger partial charge in [-0.2, -0.15) is 0 Å². The fourth-order valence-corrected chi connectivity index (χ4v) is 11.8. The Balaban J connectivity index is 1.36. The number of nitrogens with zero attached hydrogens (tertiary/aromatic N) is 1. The highest BCUT2D eigenvalue weighted by molar-refractivity contribution is 7.92. The van der Waals surface area contributed by atoms with Gasteiger partial charge >= 0.3 is 0 Å². The number of carbonyl (C=O) groups excluding carboxylic acids is 5. The van der Waals surface area contributed by atoms with Crippen LogP contribution in [0.1, 0.15) is 157 Å². The standard InChI is InChI=1S/C43H65NO7S/c1-7-8-15-31(39(48)35(46)21-20-29-18-19-29)24-36(47)38-37-34(42(37,5)6)27-44(38)40(49)33(30-16-11-9-12-17-30)25-32(45)26-43(22-13-10-14-23-43)28-52(50,51)41(2,3)4/h1,29-31,33-34,37-38H,8-28H2,2-6H3/t31?,33-,34-,37?,38+/m0/s1. The second-order valence-corrected chi connectivity index (χ2v) is 21.9. The van der Waals surface area contributed by atoms with Gasteiger partial charge in [0.1, 0.15) is 5.78 Å². The maximum absolute atomic E-state index is 14.8. The van der Waals surface area contributed by atoms with Gasteiger partial charge in [0, 0.05) is 50.5 Å². The van der Waals surface area contributed by atoms with Crippen molar-refractivity contribution in [1.82, 2.24) is 4.90 Å². The highest BCUT2D eigenvalue weighted by Crippen LogP contribution is 2.65. The number of hydrogen-bond donors (Lipinski definition) is 0. The average molecular weight is 740 g/mol. The molecule has 0 spiro atoms. The van der Waals surface area contributed by atoms with Crippen LogP contribution in [0.2, 0.25) is 0 Å². The average Bonchev–Trinajstić information content (AvgIpc) is 3.95. The molecule has 0 aromatic heterocycles. The van der Waals surface area contributed by atoms with Crippen molar-refractivity contribution in [3.63, 3.8) is 0 Å². The van der Waals surface area contributed by atoms with Gasteiger partial charge in [-0.25, -0.2) is 8.42 Å². The molecular weight excluding hydrogens is 675 g/mol. The van der Waals surface area contributed by atoms with Crippen LogP contribution in [-0.4, -0.2) is 65.4 Å². The Hall–Kier alpha value is -2.34. The lowest BCUT2D eigenvalue weighted by atomic mass is 9.70. The van der Waals surface area contributed by atoms with Crippen molar-refractivity contribution in [3.05, 3.63) is 0 Å². The molecule has 5 fully saturated rings. The van der Waals surface area contributed by atoms with Crippen molar-refractivity contribution in [2.45, 2.75) is 167 Å². The number of amides is 1. The number of rotatable bonds is 18. The molecule has 2 unspecified atom stereocenters. The maximum atomic E-state index is 14.8. The first-order valence-corrected chi connectivity index (χ1v) is 22.1. The van der Waals surface area contributed by atoms with E-state index in [1.165, 1.54) is 0 Å². The lowest BCUT2D eigenvalue weighted by Crippen LogP contribution is -2.50. The predicted molar refractivity (Wildman–Crippen MR) is 203 cm³/mol. The molecule has 0 N–H and O–H groups in total. The summed E-state index contributed by atoms with van der Waals surface area (Å²) in [5.74, 6) is 0.556. The fourth-order valence-electron chi connectivity index (χ4n) is 10.2. The van der Waals surface area contributed by atoms with Crippen molar-refractivity contribution >= 4 is 38.9 Å². The molecule has 1 heterocycles. The Morgan fingerprint density at radius 3 is 2.13 bits per heavy atom. The molecule has 52 heavy (non-hydrogen) atoms. The summed E-state index contributed by atoms with van der Waals surface area (Å²) < 4.78 is 26.0. The van der Waals surface area contributed by atoms with Crippen molar-refractivity contribution in [3.8, 4) is 12.3 Å². The van der Waals surface area contributed by atoms with E-state index in [-0.39, 0.29) is 84.9 Å². The Bertz CT molecular complexity index is 1510. The summed E-state index contributed by atoms with van der Waals surface area (Å²) in [5.41, 5.74) is -0.743. The first kappa shape index (κ1) is 40.8. The minimum Gasteiger partial charge on any atom is -0.332 e. The third kappa shape index (κ3) is 9.29. The topological polar surface area (TPSA) is 123 Å². The summed E-state index contributed by atoms with van der Waals surface area (Å²) in [6.07, 6.45) is 18.3. The summed E-state index contributed by atoms with van der Waals surface area (Å²) in [7, 11) is -3.46. The molecule has 5 atom stereocenters. The summed E-state index contributed by atoms with van der Waals surface area (Å²) >= 11 is 0. The van der Waals surface area contributed by atoms with Gasteiger partial charge in [0.25, 0.3) is 0 Å². The monoisotopic (exact) mass is 739 g/mol. The molecule has 0 aromatic rings. The molecule has 4 aliphatic carbocycles. The summed E-state index contributed by atoms with van der Waals surface area (Å²) in [4.78, 5) is 71.5. The van der Waals surface area contributed by atoms with Crippen LogP contribution in [0.3, 0.4) is 0 Å². The van der Waals surface area contributed by atoms with Crippen LogP contribution in [0.25, 0.3) is 0 Å². The van der Waals surface area contributed by atoms with E-state index in [0.717, 1.165) is 64.2 Å². The molecule has 5 rings (SSSR count). The zero-order valence-corrected chi connectivity index (χ0v) is 33.5. The summed E-state index contributed by atoms with van der Waals surface area (Å²) in [6.45, 7) is 9.87. The molecule has 0 radical (unpaired) electrons. The molecule has 5 aliphatic rings. The van der Waals surface area contributed by atoms with Gasteiger partial charge < -0.3 is 4.90 Å². The number of ketones is 4. The molecule has 4 saturated carbocycles. The highest BCUT2D eigenvalue weighted by Gasteiger charge is 2.69. The molecule has 9 heteroatoms. The van der Waals surface area contributed by atoms with Crippen molar-refractivity contribution < 1.29 is 32.4 Å². The Morgan fingerprint density at radius 1 is 0.904 bits per heavy atom. The molecule has 1 amide bonds. The van der Waals surface area contributed by atoms with Crippen LogP contribution in [0.4, 0.5) is 0 Å². The number of fused-ring (bicyclic) bond motifs is 1. The number of sulfone groups is 1. The van der Waals surface area contributed by atoms with Gasteiger partial charge in [0.05, 0.1) is 16.5 Å². The first-order chi connectivity index (χ1) is 24.4. The van der Waals surface area contributed by atoms with Crippen molar-refractivity contribution in [2.75, 3.05) is 12.3 Å². The third-order valence-electron chi connectivity index (χ3n) is 13.9. The lowest BCUT2D eigenvalue weighted by Gasteiger charge is -2.40. The number of hydrogen-bond acceptors (Lipinski definition) is 7. The second-order valence-electron chi connectivity index (χ2n) is 19.1. The Kier molecular flexibility index (Phi) is 12.7. The number of likely N-dealkylation sites (tertiary alicyclic amines) is 1. The van der Waals surface area contributed by atoms with Gasteiger partial charge in [-0.15, -0.1) is 12.3 Å². The predicted octanol–water partition coefficient (Wildman–Crippen LogP) is 7.50. The van der Waals surface area contributed by atoms with E-state index in [4.69, 9.17) is 6.42 Å². The minimum absolute atomic E-state index is 0.0128. The van der Waals surface area contributed by atoms with E-state index in [1.54, 1.807) is 25.7 Å². The van der Waals surface area contributed by atoms with Gasteiger partial charge in [-0.3, -0.25) is 24.0 Å². The first-order valence-electron chi connectivity index (χ1n) is 20.5. The van der Waals surface area contributed by atoms with E-state index in [1.807, 2.05) is 0 Å². The SMILES string of the molecule is C#CCCC(CC(=O)[C@@H]1C2[C@H](CN1C(=O)[C@@H](CC(=O)CC1(CS(=O)(=O)C(C)(C)C)CCCCC1)C1CCCCC1)C2(C)C)C(=O)C(=O)CCC1CC1. The fraction of sp³-hybridized carbons (Fsp3) is 0.837. The van der Waals surface area contributed by atoms with E-state index in [2.05, 4.69) is 19.8 Å². The van der Waals surface area contributed by atoms with E-state index in [0.29, 0.717) is 31.7 Å². The van der Waals surface area contributed by atoms with Crippen LogP contribution in [0.15, 0.2) is 0 Å². The smallest absolute Gasteiger partial charge is 0.227 e. The van der Waals surface area contributed by atoms with Crippen molar-refractivity contribution in [2.24, 2.45) is 46.3 Å². The van der Waals surface area contributed by atoms with E-state index < -0.39 is 49.4 Å². The molecule has 8 nitrogen and oxygen atoms in total. The van der Waals surface area contributed by atoms with Gasteiger partial charge in [0.15, 0.2) is 21.4 Å². The van der Waals surface area contributed by atoms with Gasteiger partial charge in [0.2, 0.25) is 11.7 Å². The molecule has 0 bridgehead atoms. The minimum atomic E-state index is -3.46. The zero-order valence-electron chi connectivity index (χ0n) is 32.7. The highest BCUT2D eigenvalue weighted by atomic mass is 32.2. The molecular formula is C43H65NO7S. The second kappa shape index (κ2) is 16.2. The number of piperidine rings is 1. The summed E-state index contributed by atoms with van der Waals surface area (Å²) in [5, 5.41) is 0. The van der Waals surface area contributed by atoms with E-state index >= 15 is 0 Å². The van der Waals surface area contributed by atoms with Crippen molar-refractivity contribution in [1.29, 1.82) is 0 Å². The van der Waals surface area contributed by atoms with Gasteiger partial charge in [-0.1, -0.05) is 65.2 Å². The van der Waals surface area contributed by atoms with Crippen LogP contribution < -0.4 is 0 Å². The summed E-state index contributed by atoms with van der Waals surface area (Å²) in [6, 6.07) is -0.696. The Morgan fingerprint density at radius 2 is 1.54 bits per heavy atom. The largest absolute Gasteiger partial charge is 0.332 e. The number of terminal acetylenes is 1. The van der Waals surface area contributed by atoms with Crippen LogP contribution in [0.5, 0.6) is 0 Å². The van der Waals surface area contributed by atoms with Crippen LogP contribution in [0, 0.1) is 58.7 Å². The lowest BCUT2D eigenvalue weighted by molar-refractivity contribution is -0.147. The Labute approximate surface area is 313 Å². The number of carbonyl (C=O) groups is 5. The molecule has 1 saturated heterocycles. The number of Topliss-reactive ketones (excluding diaryl/α,β-unsaturated/α-hetero) is 4. The molecule has 1 aliphatic heterocycles. The van der Waals surface area contributed by atoms with E-state index in [9.17, 15) is 32.4 Å². The van der Waals surface area contributed by atoms with Gasteiger partial charge in [-0.05, 0) is 93.8 Å². The quantitative estimate of drug-likeness (QED) is 0.105. The normalized spacial score (nSPS) is 26.8. The zero-order chi connectivity index (χ0) is 38.1. The third-order valence-corrected chi connectivity index (χ3v) is 16.8. The molecule has 0 aromatic carbocycles.